The first-order chi connectivity index (χ1) is 18.7. The molecule has 2 atom stereocenters. The molecule has 0 unspecified atom stereocenters. The molecular weight excluding hydrogens is 494 g/mol. The highest BCUT2D eigenvalue weighted by Gasteiger charge is 2.42. The molecule has 7 nitrogen and oxygen atoms in total. The van der Waals surface area contributed by atoms with Crippen LogP contribution in [0, 0.1) is 0 Å². The lowest BCUT2D eigenvalue weighted by Crippen LogP contribution is -2.30. The smallest absolute Gasteiger partial charge is 0.174 e. The van der Waals surface area contributed by atoms with Crippen LogP contribution < -0.4 is 19.7 Å². The van der Waals surface area contributed by atoms with Gasteiger partial charge in [0.15, 0.2) is 5.11 Å². The Morgan fingerprint density at radius 2 is 1.45 bits per heavy atom. The Balaban J connectivity index is 1.36. The van der Waals surface area contributed by atoms with Gasteiger partial charge in [0.1, 0.15) is 29.1 Å². The molecule has 6 rings (SSSR count). The van der Waals surface area contributed by atoms with Gasteiger partial charge in [-0.25, -0.2) is 4.98 Å². The molecule has 0 radical (unpaired) electrons. The summed E-state index contributed by atoms with van der Waals surface area (Å²) in [7, 11) is 1.64. The molecule has 1 saturated heterocycles. The van der Waals surface area contributed by atoms with Crippen LogP contribution in [0.5, 0.6) is 17.2 Å². The zero-order chi connectivity index (χ0) is 25.9. The van der Waals surface area contributed by atoms with E-state index in [-0.39, 0.29) is 12.1 Å². The van der Waals surface area contributed by atoms with E-state index in [4.69, 9.17) is 21.7 Å². The van der Waals surface area contributed by atoms with Crippen molar-refractivity contribution in [2.45, 2.75) is 12.1 Å². The third-order valence-electron chi connectivity index (χ3n) is 6.49. The fraction of sp³-hybridized carbons (Fsp3) is 0.100. The molecule has 8 heteroatoms. The second-order valence-corrected chi connectivity index (χ2v) is 9.15. The van der Waals surface area contributed by atoms with E-state index in [9.17, 15) is 0 Å². The summed E-state index contributed by atoms with van der Waals surface area (Å²) >= 11 is 5.89. The number of thiocarbonyl (C=S) groups is 1. The molecule has 188 valence electrons. The van der Waals surface area contributed by atoms with Crippen molar-refractivity contribution in [3.05, 3.63) is 127 Å². The molecule has 2 aromatic carbocycles. The Kier molecular flexibility index (Phi) is 6.46. The van der Waals surface area contributed by atoms with E-state index in [0.717, 1.165) is 40.1 Å². The molecule has 0 spiro atoms. The molecule has 4 heterocycles. The highest BCUT2D eigenvalue weighted by Crippen LogP contribution is 2.42. The van der Waals surface area contributed by atoms with E-state index in [2.05, 4.69) is 30.8 Å². The Labute approximate surface area is 226 Å². The molecular formula is C30H25N5O2S. The highest BCUT2D eigenvalue weighted by molar-refractivity contribution is 7.80. The van der Waals surface area contributed by atoms with Gasteiger partial charge in [-0.15, -0.1) is 0 Å². The number of hydrogen-bond donors (Lipinski definition) is 1. The first-order valence-corrected chi connectivity index (χ1v) is 12.6. The lowest BCUT2D eigenvalue weighted by atomic mass is 10.0. The Morgan fingerprint density at radius 1 is 0.763 bits per heavy atom. The number of pyridine rings is 2. The Morgan fingerprint density at radius 3 is 2.11 bits per heavy atom. The van der Waals surface area contributed by atoms with Crippen LogP contribution >= 0.6 is 12.2 Å². The molecule has 1 aliphatic rings. The van der Waals surface area contributed by atoms with E-state index in [1.807, 2.05) is 103 Å². The van der Waals surface area contributed by atoms with Crippen LogP contribution in [0.4, 0.5) is 5.69 Å². The van der Waals surface area contributed by atoms with Crippen molar-refractivity contribution in [3.63, 3.8) is 0 Å². The maximum absolute atomic E-state index is 6.04. The van der Waals surface area contributed by atoms with Crippen molar-refractivity contribution in [1.29, 1.82) is 0 Å². The monoisotopic (exact) mass is 519 g/mol. The van der Waals surface area contributed by atoms with E-state index >= 15 is 0 Å². The second-order valence-electron chi connectivity index (χ2n) is 8.76. The van der Waals surface area contributed by atoms with Crippen LogP contribution in [0.1, 0.15) is 23.5 Å². The van der Waals surface area contributed by atoms with Gasteiger partial charge in [0, 0.05) is 30.0 Å². The Hall–Kier alpha value is -4.69. The van der Waals surface area contributed by atoms with Crippen molar-refractivity contribution in [2.75, 3.05) is 12.0 Å². The number of benzene rings is 2. The zero-order valence-electron chi connectivity index (χ0n) is 20.6. The maximum Gasteiger partial charge on any atom is 0.174 e. The summed E-state index contributed by atoms with van der Waals surface area (Å²) in [6, 6.07) is 31.1. The van der Waals surface area contributed by atoms with Gasteiger partial charge in [0.2, 0.25) is 0 Å². The van der Waals surface area contributed by atoms with Gasteiger partial charge in [0.25, 0.3) is 0 Å². The van der Waals surface area contributed by atoms with Crippen molar-refractivity contribution in [2.24, 2.45) is 0 Å². The van der Waals surface area contributed by atoms with E-state index in [1.54, 1.807) is 13.3 Å². The molecule has 3 aromatic heterocycles. The minimum Gasteiger partial charge on any atom is -0.497 e. The van der Waals surface area contributed by atoms with Gasteiger partial charge in [-0.1, -0.05) is 12.1 Å². The fourth-order valence-electron chi connectivity index (χ4n) is 4.73. The highest BCUT2D eigenvalue weighted by atomic mass is 32.1. The quantitative estimate of drug-likeness (QED) is 0.255. The summed E-state index contributed by atoms with van der Waals surface area (Å²) in [5.41, 5.74) is 2.91. The summed E-state index contributed by atoms with van der Waals surface area (Å²) in [5.74, 6) is 3.09. The largest absolute Gasteiger partial charge is 0.497 e. The average Bonchev–Trinajstić information content (AvgIpc) is 3.59. The summed E-state index contributed by atoms with van der Waals surface area (Å²) < 4.78 is 13.4. The molecule has 1 N–H and O–H groups in total. The van der Waals surface area contributed by atoms with Gasteiger partial charge in [-0.3, -0.25) is 4.98 Å². The summed E-state index contributed by atoms with van der Waals surface area (Å²) in [6.45, 7) is 0. The van der Waals surface area contributed by atoms with Crippen molar-refractivity contribution < 1.29 is 9.47 Å². The number of rotatable bonds is 7. The van der Waals surface area contributed by atoms with Crippen molar-refractivity contribution in [3.8, 4) is 23.1 Å². The normalized spacial score (nSPS) is 16.8. The van der Waals surface area contributed by atoms with Gasteiger partial charge in [-0.05, 0) is 97.1 Å². The first kappa shape index (κ1) is 23.7. The number of nitrogens with zero attached hydrogens (tertiary/aromatic N) is 4. The maximum atomic E-state index is 6.04. The molecule has 38 heavy (non-hydrogen) atoms. The van der Waals surface area contributed by atoms with Crippen LogP contribution in [-0.2, 0) is 0 Å². The SMILES string of the molecule is COc1ccc(Oc2ccc(N3C(=S)N[C@H](c4ccccn4)[C@@H]3c3cccn3-c3ccccn3)cc2)cc1. The fourth-order valence-corrected chi connectivity index (χ4v) is 5.07. The van der Waals surface area contributed by atoms with Crippen LogP contribution in [0.15, 0.2) is 116 Å². The van der Waals surface area contributed by atoms with Gasteiger partial charge >= 0.3 is 0 Å². The average molecular weight is 520 g/mol. The molecule has 0 bridgehead atoms. The van der Waals surface area contributed by atoms with Gasteiger partial charge in [-0.2, -0.15) is 0 Å². The zero-order valence-corrected chi connectivity index (χ0v) is 21.5. The number of aromatic nitrogens is 3. The minimum absolute atomic E-state index is 0.156. The summed E-state index contributed by atoms with van der Waals surface area (Å²) in [5, 5.41) is 4.15. The number of methoxy groups -OCH3 is 1. The number of ether oxygens (including phenoxy) is 2. The summed E-state index contributed by atoms with van der Waals surface area (Å²) in [4.78, 5) is 11.4. The van der Waals surface area contributed by atoms with Gasteiger partial charge < -0.3 is 24.3 Å². The predicted molar refractivity (Wildman–Crippen MR) is 151 cm³/mol. The molecule has 1 fully saturated rings. The van der Waals surface area contributed by atoms with Crippen LogP contribution in [0.25, 0.3) is 5.82 Å². The molecule has 0 aliphatic carbocycles. The van der Waals surface area contributed by atoms with Crippen molar-refractivity contribution >= 4 is 23.0 Å². The topological polar surface area (TPSA) is 64.4 Å². The number of anilines is 1. The van der Waals surface area contributed by atoms with Gasteiger partial charge in [0.05, 0.1) is 18.8 Å². The van der Waals surface area contributed by atoms with Crippen LogP contribution in [0.2, 0.25) is 0 Å². The number of nitrogens with one attached hydrogen (secondary N) is 1. The molecule has 1 aliphatic heterocycles. The molecule has 0 amide bonds. The third-order valence-corrected chi connectivity index (χ3v) is 6.80. The lowest BCUT2D eigenvalue weighted by molar-refractivity contribution is 0.413. The van der Waals surface area contributed by atoms with Crippen LogP contribution in [-0.4, -0.2) is 26.8 Å². The van der Waals surface area contributed by atoms with Crippen molar-refractivity contribution in [1.82, 2.24) is 19.9 Å². The lowest BCUT2D eigenvalue weighted by Gasteiger charge is -2.29. The van der Waals surface area contributed by atoms with Crippen LogP contribution in [0.3, 0.4) is 0 Å². The Bertz CT molecular complexity index is 1520. The minimum atomic E-state index is -0.164. The standard InChI is InChI=1S/C30H25N5O2S/c1-36-22-14-16-24(17-15-22)37-23-12-10-21(11-13-23)35-29(28(33-30(35)38)25-7-2-4-18-31-25)26-8-6-20-34(26)27-9-3-5-19-32-27/h2-20,28-29H,1H3,(H,33,38)/t28-,29+/m1/s1. The van der Waals surface area contributed by atoms with E-state index < -0.39 is 0 Å². The summed E-state index contributed by atoms with van der Waals surface area (Å²) in [6.07, 6.45) is 5.63. The predicted octanol–water partition coefficient (Wildman–Crippen LogP) is 6.25. The first-order valence-electron chi connectivity index (χ1n) is 12.2. The third kappa shape index (κ3) is 4.57. The van der Waals surface area contributed by atoms with E-state index in [0.29, 0.717) is 5.11 Å². The van der Waals surface area contributed by atoms with E-state index in [1.165, 1.54) is 0 Å². The number of hydrogen-bond acceptors (Lipinski definition) is 5. The second kappa shape index (κ2) is 10.4. The molecule has 0 saturated carbocycles. The molecule has 5 aromatic rings.